The first kappa shape index (κ1) is 20.0. The van der Waals surface area contributed by atoms with Crippen LogP contribution in [0.2, 0.25) is 0 Å². The molecule has 3 amide bonds. The number of quaternary nitrogens is 1. The normalized spacial score (nSPS) is 15.9. The highest BCUT2D eigenvalue weighted by atomic mass is 16.2. The van der Waals surface area contributed by atoms with Crippen LogP contribution >= 0.6 is 0 Å². The molecule has 1 unspecified atom stereocenters. The van der Waals surface area contributed by atoms with Gasteiger partial charge in [-0.1, -0.05) is 31.4 Å². The van der Waals surface area contributed by atoms with Crippen molar-refractivity contribution >= 4 is 22.8 Å². The van der Waals surface area contributed by atoms with Crippen LogP contribution in [0.1, 0.15) is 44.9 Å². The molecule has 28 heavy (non-hydrogen) atoms. The molecule has 8 nitrogen and oxygen atoms in total. The number of amides is 3. The van der Waals surface area contributed by atoms with E-state index in [1.165, 1.54) is 6.42 Å². The smallest absolute Gasteiger partial charge is 0.321 e. The van der Waals surface area contributed by atoms with E-state index in [-0.39, 0.29) is 24.1 Å². The molecule has 0 spiro atoms. The number of hydrogen-bond acceptors (Lipinski definition) is 4. The molecule has 1 heterocycles. The second-order valence-corrected chi connectivity index (χ2v) is 7.34. The number of aromatic nitrogens is 2. The summed E-state index contributed by atoms with van der Waals surface area (Å²) in [5, 5.41) is 5.84. The van der Waals surface area contributed by atoms with Crippen molar-refractivity contribution in [1.82, 2.24) is 20.6 Å². The molecule has 150 valence electrons. The Morgan fingerprint density at radius 1 is 1.21 bits per heavy atom. The van der Waals surface area contributed by atoms with Gasteiger partial charge in [-0.25, -0.2) is 9.78 Å². The van der Waals surface area contributed by atoms with Gasteiger partial charge in [0.25, 0.3) is 11.5 Å². The molecule has 1 aromatic carbocycles. The molecule has 0 aliphatic heterocycles. The number of fused-ring (bicyclic) bond motifs is 1. The fourth-order valence-corrected chi connectivity index (χ4v) is 3.63. The standard InChI is InChI=1S/C20H27N5O3/c1-2-25(12-17-22-16-11-7-6-10-15(16)19(27)23-17)13-18(26)24-20(28)21-14-8-4-3-5-9-14/h6-7,10-11,14H,2-5,8-9,12-13H2,1H3,(H,22,23,27)(H2,21,24,26,28)/p+1. The molecule has 0 radical (unpaired) electrons. The number of likely N-dealkylation sites (N-methyl/N-ethyl adjacent to an activating group) is 1. The van der Waals surface area contributed by atoms with E-state index in [9.17, 15) is 14.4 Å². The molecule has 1 aliphatic rings. The van der Waals surface area contributed by atoms with Gasteiger partial charge in [-0.05, 0) is 31.9 Å². The zero-order valence-corrected chi connectivity index (χ0v) is 16.2. The Hall–Kier alpha value is -2.74. The van der Waals surface area contributed by atoms with Gasteiger partial charge in [0.15, 0.2) is 12.4 Å². The van der Waals surface area contributed by atoms with Crippen LogP contribution in [-0.2, 0) is 11.3 Å². The summed E-state index contributed by atoms with van der Waals surface area (Å²) >= 11 is 0. The van der Waals surface area contributed by atoms with Crippen molar-refractivity contribution in [2.45, 2.75) is 51.6 Å². The van der Waals surface area contributed by atoms with Crippen LogP contribution in [0.3, 0.4) is 0 Å². The minimum atomic E-state index is -0.426. The summed E-state index contributed by atoms with van der Waals surface area (Å²) in [6.45, 7) is 3.14. The van der Waals surface area contributed by atoms with Crippen LogP contribution < -0.4 is 21.1 Å². The van der Waals surface area contributed by atoms with Crippen LogP contribution in [0.15, 0.2) is 29.1 Å². The summed E-state index contributed by atoms with van der Waals surface area (Å²) in [7, 11) is 0. The van der Waals surface area contributed by atoms with Gasteiger partial charge in [-0.15, -0.1) is 0 Å². The molecule has 1 saturated carbocycles. The lowest BCUT2D eigenvalue weighted by Gasteiger charge is -2.23. The van der Waals surface area contributed by atoms with Crippen LogP contribution in [0.4, 0.5) is 4.79 Å². The number of H-pyrrole nitrogens is 1. The molecule has 2 aromatic rings. The van der Waals surface area contributed by atoms with Gasteiger partial charge < -0.3 is 15.2 Å². The largest absolute Gasteiger partial charge is 0.335 e. The number of hydrogen-bond donors (Lipinski definition) is 4. The highest BCUT2D eigenvalue weighted by molar-refractivity contribution is 5.94. The lowest BCUT2D eigenvalue weighted by atomic mass is 9.96. The zero-order chi connectivity index (χ0) is 19.9. The van der Waals surface area contributed by atoms with Crippen molar-refractivity contribution in [2.75, 3.05) is 13.1 Å². The second-order valence-electron chi connectivity index (χ2n) is 7.34. The summed E-state index contributed by atoms with van der Waals surface area (Å²) < 4.78 is 0. The first-order valence-corrected chi connectivity index (χ1v) is 9.97. The zero-order valence-electron chi connectivity index (χ0n) is 16.2. The molecule has 8 heteroatoms. The minimum Gasteiger partial charge on any atom is -0.335 e. The lowest BCUT2D eigenvalue weighted by molar-refractivity contribution is -0.904. The number of nitrogens with zero attached hydrogens (tertiary/aromatic N) is 1. The van der Waals surface area contributed by atoms with E-state index in [0.717, 1.165) is 30.6 Å². The van der Waals surface area contributed by atoms with Crippen molar-refractivity contribution < 1.29 is 14.5 Å². The number of para-hydroxylation sites is 1. The number of carbonyl (C=O) groups is 2. The van der Waals surface area contributed by atoms with Gasteiger partial charge in [0, 0.05) is 6.04 Å². The lowest BCUT2D eigenvalue weighted by Crippen LogP contribution is -3.11. The summed E-state index contributed by atoms with van der Waals surface area (Å²) in [5.74, 6) is 0.188. The number of imide groups is 1. The Morgan fingerprint density at radius 2 is 1.96 bits per heavy atom. The van der Waals surface area contributed by atoms with Crippen molar-refractivity contribution in [3.8, 4) is 0 Å². The average Bonchev–Trinajstić information content (AvgIpc) is 2.68. The van der Waals surface area contributed by atoms with Gasteiger partial charge in [0.05, 0.1) is 17.4 Å². The minimum absolute atomic E-state index is 0.130. The van der Waals surface area contributed by atoms with Crippen LogP contribution in [0.5, 0.6) is 0 Å². The monoisotopic (exact) mass is 386 g/mol. The van der Waals surface area contributed by atoms with Crippen molar-refractivity contribution in [3.63, 3.8) is 0 Å². The molecular formula is C20H28N5O3+. The molecule has 0 saturated heterocycles. The second kappa shape index (κ2) is 9.45. The van der Waals surface area contributed by atoms with Crippen LogP contribution in [0.25, 0.3) is 10.9 Å². The third-order valence-electron chi connectivity index (χ3n) is 5.18. The summed E-state index contributed by atoms with van der Waals surface area (Å²) in [4.78, 5) is 44.6. The Kier molecular flexibility index (Phi) is 6.76. The van der Waals surface area contributed by atoms with Gasteiger partial charge in [0.2, 0.25) is 0 Å². The van der Waals surface area contributed by atoms with E-state index >= 15 is 0 Å². The predicted molar refractivity (Wildman–Crippen MR) is 106 cm³/mol. The third kappa shape index (κ3) is 5.39. The average molecular weight is 386 g/mol. The molecular weight excluding hydrogens is 358 g/mol. The Bertz CT molecular complexity index is 889. The van der Waals surface area contributed by atoms with E-state index < -0.39 is 6.03 Å². The Morgan fingerprint density at radius 3 is 2.71 bits per heavy atom. The van der Waals surface area contributed by atoms with E-state index in [1.807, 2.05) is 13.0 Å². The van der Waals surface area contributed by atoms with Crippen molar-refractivity contribution in [2.24, 2.45) is 0 Å². The predicted octanol–water partition coefficient (Wildman–Crippen LogP) is 0.486. The van der Waals surface area contributed by atoms with Crippen LogP contribution in [-0.4, -0.2) is 41.0 Å². The number of carbonyl (C=O) groups excluding carboxylic acids is 2. The third-order valence-corrected chi connectivity index (χ3v) is 5.18. The van der Waals surface area contributed by atoms with E-state index in [1.54, 1.807) is 18.2 Å². The summed E-state index contributed by atoms with van der Waals surface area (Å²) in [5.41, 5.74) is 0.445. The molecule has 1 aromatic heterocycles. The summed E-state index contributed by atoms with van der Waals surface area (Å²) in [6.07, 6.45) is 5.37. The van der Waals surface area contributed by atoms with Gasteiger partial charge in [0.1, 0.15) is 6.54 Å². The molecule has 3 rings (SSSR count). The first-order chi connectivity index (χ1) is 13.5. The maximum absolute atomic E-state index is 12.2. The first-order valence-electron chi connectivity index (χ1n) is 9.97. The quantitative estimate of drug-likeness (QED) is 0.579. The maximum Gasteiger partial charge on any atom is 0.321 e. The molecule has 1 atom stereocenters. The highest BCUT2D eigenvalue weighted by Gasteiger charge is 2.20. The number of benzene rings is 1. The molecule has 0 bridgehead atoms. The number of rotatable bonds is 6. The van der Waals surface area contributed by atoms with Gasteiger partial charge >= 0.3 is 6.03 Å². The fraction of sp³-hybridized carbons (Fsp3) is 0.500. The van der Waals surface area contributed by atoms with E-state index in [0.29, 0.717) is 29.8 Å². The van der Waals surface area contributed by atoms with E-state index in [2.05, 4.69) is 20.6 Å². The SMILES string of the molecule is CC[NH+](CC(=O)NC(=O)NC1CCCCC1)Cc1nc2ccccc2c(=O)[nH]1. The molecule has 4 N–H and O–H groups in total. The van der Waals surface area contributed by atoms with Crippen LogP contribution in [0, 0.1) is 0 Å². The molecule has 1 aliphatic carbocycles. The number of urea groups is 1. The molecule has 1 fully saturated rings. The topological polar surface area (TPSA) is 108 Å². The Labute approximate surface area is 163 Å². The van der Waals surface area contributed by atoms with Gasteiger partial charge in [-0.3, -0.25) is 14.9 Å². The number of nitrogens with one attached hydrogen (secondary N) is 4. The fourth-order valence-electron chi connectivity index (χ4n) is 3.63. The number of aromatic amines is 1. The Balaban J connectivity index is 1.55. The van der Waals surface area contributed by atoms with Crippen molar-refractivity contribution in [1.29, 1.82) is 0 Å². The van der Waals surface area contributed by atoms with Crippen molar-refractivity contribution in [3.05, 3.63) is 40.4 Å². The maximum atomic E-state index is 12.2. The summed E-state index contributed by atoms with van der Waals surface area (Å²) in [6, 6.07) is 6.88. The van der Waals surface area contributed by atoms with E-state index in [4.69, 9.17) is 0 Å². The van der Waals surface area contributed by atoms with Gasteiger partial charge in [-0.2, -0.15) is 0 Å². The highest BCUT2D eigenvalue weighted by Crippen LogP contribution is 2.17.